The van der Waals surface area contributed by atoms with Gasteiger partial charge in [-0.3, -0.25) is 0 Å². The van der Waals surface area contributed by atoms with Crippen LogP contribution in [0.15, 0.2) is 0 Å². The number of hydrogen-bond acceptors (Lipinski definition) is 3. The van der Waals surface area contributed by atoms with Crippen molar-refractivity contribution < 1.29 is 14.5 Å². The Morgan fingerprint density at radius 3 is 2.05 bits per heavy atom. The molecule has 0 amide bonds. The van der Waals surface area contributed by atoms with E-state index < -0.39 is 11.6 Å². The quantitative estimate of drug-likeness (QED) is 0.653. The van der Waals surface area contributed by atoms with E-state index in [1.807, 2.05) is 0 Å². The summed E-state index contributed by atoms with van der Waals surface area (Å²) in [6.07, 6.45) is 11.6. The van der Waals surface area contributed by atoms with Gasteiger partial charge in [-0.25, -0.2) is 0 Å². The summed E-state index contributed by atoms with van der Waals surface area (Å²) < 4.78 is 6.67. The van der Waals surface area contributed by atoms with Crippen molar-refractivity contribution in [2.24, 2.45) is 17.8 Å². The Hall–Kier alpha value is -0.120. The Balaban J connectivity index is 1.81. The summed E-state index contributed by atoms with van der Waals surface area (Å²) in [7, 11) is 0. The molecule has 1 spiro atoms. The lowest BCUT2D eigenvalue weighted by molar-refractivity contribution is -0.382. The van der Waals surface area contributed by atoms with E-state index in [0.717, 1.165) is 31.6 Å². The lowest BCUT2D eigenvalue weighted by atomic mass is 9.63. The van der Waals surface area contributed by atoms with Gasteiger partial charge in [-0.05, 0) is 31.6 Å². The average molecular weight is 296 g/mol. The molecular formula is C18H32O3. The van der Waals surface area contributed by atoms with Crippen LogP contribution in [0.2, 0.25) is 0 Å². The van der Waals surface area contributed by atoms with Crippen LogP contribution in [0.25, 0.3) is 0 Å². The molecule has 0 aromatic rings. The second-order valence-electron chi connectivity index (χ2n) is 7.47. The molecule has 3 fully saturated rings. The van der Waals surface area contributed by atoms with Gasteiger partial charge in [0.05, 0.1) is 0 Å². The van der Waals surface area contributed by atoms with Crippen molar-refractivity contribution in [1.29, 1.82) is 0 Å². The van der Waals surface area contributed by atoms with Gasteiger partial charge >= 0.3 is 0 Å². The predicted molar refractivity (Wildman–Crippen MR) is 82.4 cm³/mol. The summed E-state index contributed by atoms with van der Waals surface area (Å²) >= 11 is 0. The SMILES string of the molecule is CCCC1(CCC)OOC2(O1)C1CCCC2CC(CC)C1. The summed E-state index contributed by atoms with van der Waals surface area (Å²) in [6, 6.07) is 0. The first-order valence-corrected chi connectivity index (χ1v) is 9.25. The van der Waals surface area contributed by atoms with E-state index in [9.17, 15) is 0 Å². The fraction of sp³-hybridized carbons (Fsp3) is 1.00. The highest BCUT2D eigenvalue weighted by Gasteiger charge is 2.62. The maximum absolute atomic E-state index is 6.67. The van der Waals surface area contributed by atoms with E-state index in [-0.39, 0.29) is 0 Å². The summed E-state index contributed by atoms with van der Waals surface area (Å²) in [5.41, 5.74) is 0. The zero-order valence-corrected chi connectivity index (χ0v) is 14.0. The van der Waals surface area contributed by atoms with Crippen molar-refractivity contribution >= 4 is 0 Å². The van der Waals surface area contributed by atoms with Crippen molar-refractivity contribution in [3.63, 3.8) is 0 Å². The van der Waals surface area contributed by atoms with Crippen LogP contribution < -0.4 is 0 Å². The van der Waals surface area contributed by atoms with E-state index in [1.165, 1.54) is 38.5 Å². The normalized spacial score (nSPS) is 41.6. The van der Waals surface area contributed by atoms with Gasteiger partial charge in [-0.2, -0.15) is 9.78 Å². The van der Waals surface area contributed by atoms with Crippen molar-refractivity contribution in [1.82, 2.24) is 0 Å². The molecule has 2 saturated carbocycles. The smallest absolute Gasteiger partial charge is 0.210 e. The molecular weight excluding hydrogens is 264 g/mol. The van der Waals surface area contributed by atoms with Gasteiger partial charge in [-0.1, -0.05) is 46.5 Å². The molecule has 3 aliphatic rings. The topological polar surface area (TPSA) is 27.7 Å². The Kier molecular flexibility index (Phi) is 4.63. The molecule has 0 radical (unpaired) electrons. The van der Waals surface area contributed by atoms with Gasteiger partial charge in [0.1, 0.15) is 0 Å². The van der Waals surface area contributed by atoms with E-state index in [0.29, 0.717) is 11.8 Å². The van der Waals surface area contributed by atoms with Crippen molar-refractivity contribution in [3.8, 4) is 0 Å². The maximum Gasteiger partial charge on any atom is 0.210 e. The van der Waals surface area contributed by atoms with E-state index in [2.05, 4.69) is 20.8 Å². The molecule has 0 aromatic carbocycles. The lowest BCUT2D eigenvalue weighted by Crippen LogP contribution is -2.54. The predicted octanol–water partition coefficient (Wildman–Crippen LogP) is 5.19. The van der Waals surface area contributed by atoms with Gasteiger partial charge in [0.15, 0.2) is 0 Å². The Morgan fingerprint density at radius 1 is 0.905 bits per heavy atom. The largest absolute Gasteiger partial charge is 0.312 e. The molecule has 2 atom stereocenters. The van der Waals surface area contributed by atoms with Gasteiger partial charge in [-0.15, -0.1) is 0 Å². The van der Waals surface area contributed by atoms with E-state index >= 15 is 0 Å². The first-order valence-electron chi connectivity index (χ1n) is 9.25. The summed E-state index contributed by atoms with van der Waals surface area (Å²) in [5, 5.41) is 0. The van der Waals surface area contributed by atoms with Gasteiger partial charge < -0.3 is 4.74 Å². The van der Waals surface area contributed by atoms with Crippen LogP contribution in [0.4, 0.5) is 0 Å². The minimum absolute atomic E-state index is 0.422. The average Bonchev–Trinajstić information content (AvgIpc) is 2.79. The number of ether oxygens (including phenoxy) is 1. The molecule has 21 heavy (non-hydrogen) atoms. The second-order valence-corrected chi connectivity index (χ2v) is 7.47. The molecule has 3 heteroatoms. The third-order valence-electron chi connectivity index (χ3n) is 5.99. The van der Waals surface area contributed by atoms with Gasteiger partial charge in [0, 0.05) is 24.7 Å². The molecule has 2 bridgehead atoms. The first kappa shape index (κ1) is 15.8. The lowest BCUT2D eigenvalue weighted by Gasteiger charge is -2.50. The second kappa shape index (κ2) is 6.17. The highest BCUT2D eigenvalue weighted by atomic mass is 17.3. The minimum atomic E-state index is -0.476. The Bertz CT molecular complexity index is 334. The Labute approximate surface area is 129 Å². The molecule has 1 aliphatic heterocycles. The standard InChI is InChI=1S/C18H32O3/c1-4-10-17(11-5-2)19-18(21-20-17)15-8-7-9-16(18)13-14(6-3)12-15/h14-16H,4-13H2,1-3H3. The zero-order valence-electron chi connectivity index (χ0n) is 14.0. The summed E-state index contributed by atoms with van der Waals surface area (Å²) in [6.45, 7) is 6.72. The molecule has 0 N–H and O–H groups in total. The maximum atomic E-state index is 6.67. The third-order valence-corrected chi connectivity index (χ3v) is 5.99. The van der Waals surface area contributed by atoms with Crippen LogP contribution in [0.1, 0.15) is 85.0 Å². The van der Waals surface area contributed by atoms with Crippen LogP contribution in [0, 0.1) is 17.8 Å². The molecule has 0 aromatic heterocycles. The van der Waals surface area contributed by atoms with Crippen LogP contribution >= 0.6 is 0 Å². The summed E-state index contributed by atoms with van der Waals surface area (Å²) in [4.78, 5) is 11.9. The molecule has 1 heterocycles. The first-order chi connectivity index (χ1) is 10.2. The molecule has 1 saturated heterocycles. The monoisotopic (exact) mass is 296 g/mol. The number of rotatable bonds is 5. The van der Waals surface area contributed by atoms with Gasteiger partial charge in [0.25, 0.3) is 0 Å². The van der Waals surface area contributed by atoms with Crippen molar-refractivity contribution in [2.45, 2.75) is 96.6 Å². The van der Waals surface area contributed by atoms with Crippen molar-refractivity contribution in [2.75, 3.05) is 0 Å². The Morgan fingerprint density at radius 2 is 1.52 bits per heavy atom. The van der Waals surface area contributed by atoms with E-state index in [1.54, 1.807) is 0 Å². The van der Waals surface area contributed by atoms with Gasteiger partial charge in [0.2, 0.25) is 11.6 Å². The number of hydrogen-bond donors (Lipinski definition) is 0. The molecule has 2 aliphatic carbocycles. The molecule has 3 nitrogen and oxygen atoms in total. The third kappa shape index (κ3) is 2.66. The van der Waals surface area contributed by atoms with Crippen LogP contribution in [0.3, 0.4) is 0 Å². The highest BCUT2D eigenvalue weighted by molar-refractivity contribution is 4.99. The molecule has 122 valence electrons. The molecule has 2 unspecified atom stereocenters. The van der Waals surface area contributed by atoms with Crippen LogP contribution in [0.5, 0.6) is 0 Å². The highest BCUT2D eigenvalue weighted by Crippen LogP contribution is 2.57. The fourth-order valence-electron chi connectivity index (χ4n) is 4.99. The van der Waals surface area contributed by atoms with Crippen LogP contribution in [-0.4, -0.2) is 11.6 Å². The fourth-order valence-corrected chi connectivity index (χ4v) is 4.99. The van der Waals surface area contributed by atoms with Crippen molar-refractivity contribution in [3.05, 3.63) is 0 Å². The van der Waals surface area contributed by atoms with Crippen LogP contribution in [-0.2, 0) is 14.5 Å². The minimum Gasteiger partial charge on any atom is -0.312 e. The zero-order chi connectivity index (χ0) is 14.9. The molecule has 3 rings (SSSR count). The van der Waals surface area contributed by atoms with E-state index in [4.69, 9.17) is 14.5 Å². The summed E-state index contributed by atoms with van der Waals surface area (Å²) in [5.74, 6) is 1.02.